The zero-order valence-corrected chi connectivity index (χ0v) is 16.0. The molecule has 0 bridgehead atoms. The van der Waals surface area contributed by atoms with Crippen molar-refractivity contribution in [2.75, 3.05) is 26.2 Å². The SMILES string of the molecule is CC(C)NS(=O)(=O)c1cccc(C(=O)N2CCN(C(=O)C3CC3)CC2)c1. The molecule has 2 aliphatic rings. The van der Waals surface area contributed by atoms with Crippen molar-refractivity contribution >= 4 is 21.8 Å². The van der Waals surface area contributed by atoms with Gasteiger partial charge in [0.25, 0.3) is 5.91 Å². The lowest BCUT2D eigenvalue weighted by molar-refractivity contribution is -0.134. The van der Waals surface area contributed by atoms with Gasteiger partial charge in [-0.15, -0.1) is 0 Å². The Kier molecular flexibility index (Phi) is 5.34. The number of sulfonamides is 1. The molecule has 1 heterocycles. The maximum Gasteiger partial charge on any atom is 0.254 e. The summed E-state index contributed by atoms with van der Waals surface area (Å²) in [4.78, 5) is 28.4. The Hall–Kier alpha value is -1.93. The number of nitrogens with zero attached hydrogens (tertiary/aromatic N) is 2. The van der Waals surface area contributed by atoms with Crippen LogP contribution in [0.2, 0.25) is 0 Å². The Morgan fingerprint density at radius 2 is 1.69 bits per heavy atom. The lowest BCUT2D eigenvalue weighted by atomic mass is 10.1. The molecule has 0 aromatic heterocycles. The fourth-order valence-corrected chi connectivity index (χ4v) is 4.37. The largest absolute Gasteiger partial charge is 0.339 e. The van der Waals surface area contributed by atoms with Crippen molar-refractivity contribution in [3.63, 3.8) is 0 Å². The predicted molar refractivity (Wildman–Crippen MR) is 97.1 cm³/mol. The Morgan fingerprint density at radius 3 is 2.27 bits per heavy atom. The molecule has 1 N–H and O–H groups in total. The van der Waals surface area contributed by atoms with Crippen LogP contribution in [0.5, 0.6) is 0 Å². The first-order valence-electron chi connectivity index (χ1n) is 8.98. The number of hydrogen-bond acceptors (Lipinski definition) is 4. The molecule has 0 atom stereocenters. The summed E-state index contributed by atoms with van der Waals surface area (Å²) in [7, 11) is -3.64. The van der Waals surface area contributed by atoms with Crippen LogP contribution in [0.25, 0.3) is 0 Å². The van der Waals surface area contributed by atoms with Gasteiger partial charge in [0.05, 0.1) is 4.90 Å². The van der Waals surface area contributed by atoms with Gasteiger partial charge in [0.15, 0.2) is 0 Å². The number of nitrogens with one attached hydrogen (secondary N) is 1. The fraction of sp³-hybridized carbons (Fsp3) is 0.556. The van der Waals surface area contributed by atoms with E-state index in [4.69, 9.17) is 0 Å². The van der Waals surface area contributed by atoms with Gasteiger partial charge >= 0.3 is 0 Å². The molecule has 2 amide bonds. The van der Waals surface area contributed by atoms with Gasteiger partial charge in [0, 0.05) is 43.7 Å². The molecule has 1 aromatic rings. The number of piperazine rings is 1. The Morgan fingerprint density at radius 1 is 1.08 bits per heavy atom. The normalized spacial score (nSPS) is 18.3. The van der Waals surface area contributed by atoms with E-state index in [1.165, 1.54) is 12.1 Å². The second-order valence-corrected chi connectivity index (χ2v) is 8.91. The van der Waals surface area contributed by atoms with Gasteiger partial charge in [0.2, 0.25) is 15.9 Å². The molecule has 1 saturated carbocycles. The van der Waals surface area contributed by atoms with Crippen molar-refractivity contribution in [2.45, 2.75) is 37.6 Å². The average Bonchev–Trinajstić information content (AvgIpc) is 3.45. The second-order valence-electron chi connectivity index (χ2n) is 7.20. The van der Waals surface area contributed by atoms with E-state index in [1.54, 1.807) is 30.9 Å². The molecule has 1 aliphatic carbocycles. The first-order chi connectivity index (χ1) is 12.3. The summed E-state index contributed by atoms with van der Waals surface area (Å²) in [5, 5.41) is 0. The maximum absolute atomic E-state index is 12.7. The number of carbonyl (C=O) groups is 2. The molecule has 7 nitrogen and oxygen atoms in total. The summed E-state index contributed by atoms with van der Waals surface area (Å²) >= 11 is 0. The molecule has 1 aromatic carbocycles. The second kappa shape index (κ2) is 7.36. The van der Waals surface area contributed by atoms with Crippen LogP contribution in [0.15, 0.2) is 29.2 Å². The van der Waals surface area contributed by atoms with Crippen LogP contribution in [-0.2, 0) is 14.8 Å². The summed E-state index contributed by atoms with van der Waals surface area (Å²) < 4.78 is 27.1. The standard InChI is InChI=1S/C18H25N3O4S/c1-13(2)19-26(24,25)16-5-3-4-15(12-16)18(23)21-10-8-20(9-11-21)17(22)14-6-7-14/h3-5,12-14,19H,6-11H2,1-2H3. The van der Waals surface area contributed by atoms with Gasteiger partial charge in [-0.1, -0.05) is 6.07 Å². The summed E-state index contributed by atoms with van der Waals surface area (Å²) in [6.07, 6.45) is 1.95. The van der Waals surface area contributed by atoms with Crippen molar-refractivity contribution in [3.8, 4) is 0 Å². The maximum atomic E-state index is 12.7. The zero-order valence-electron chi connectivity index (χ0n) is 15.1. The molecule has 0 radical (unpaired) electrons. The van der Waals surface area contributed by atoms with E-state index in [0.29, 0.717) is 31.7 Å². The molecule has 1 aliphatic heterocycles. The van der Waals surface area contributed by atoms with Crippen LogP contribution in [0, 0.1) is 5.92 Å². The number of rotatable bonds is 5. The molecular formula is C18H25N3O4S. The first kappa shape index (κ1) is 18.8. The lowest BCUT2D eigenvalue weighted by Gasteiger charge is -2.35. The van der Waals surface area contributed by atoms with E-state index in [1.807, 2.05) is 4.90 Å². The molecule has 142 valence electrons. The highest BCUT2D eigenvalue weighted by molar-refractivity contribution is 7.89. The topological polar surface area (TPSA) is 86.8 Å². The van der Waals surface area contributed by atoms with E-state index < -0.39 is 10.0 Å². The van der Waals surface area contributed by atoms with Crippen molar-refractivity contribution < 1.29 is 18.0 Å². The van der Waals surface area contributed by atoms with Crippen LogP contribution in [0.4, 0.5) is 0 Å². The number of amides is 2. The van der Waals surface area contributed by atoms with E-state index in [-0.39, 0.29) is 28.7 Å². The summed E-state index contributed by atoms with van der Waals surface area (Å²) in [5.41, 5.74) is 0.346. The third kappa shape index (κ3) is 4.24. The van der Waals surface area contributed by atoms with Gasteiger partial charge in [-0.2, -0.15) is 0 Å². The Bertz CT molecular complexity index is 794. The minimum atomic E-state index is -3.64. The van der Waals surface area contributed by atoms with Crippen LogP contribution < -0.4 is 4.72 Å². The predicted octanol–water partition coefficient (Wildman–Crippen LogP) is 1.07. The zero-order chi connectivity index (χ0) is 18.9. The Balaban J connectivity index is 1.67. The number of carbonyl (C=O) groups excluding carboxylic acids is 2. The highest BCUT2D eigenvalue weighted by Crippen LogP contribution is 2.31. The Labute approximate surface area is 154 Å². The summed E-state index contributed by atoms with van der Waals surface area (Å²) in [6, 6.07) is 5.87. The molecule has 0 spiro atoms. The van der Waals surface area contributed by atoms with Crippen molar-refractivity contribution in [1.82, 2.24) is 14.5 Å². The molecule has 3 rings (SSSR count). The summed E-state index contributed by atoms with van der Waals surface area (Å²) in [6.45, 7) is 5.50. The van der Waals surface area contributed by atoms with Gasteiger partial charge in [0.1, 0.15) is 0 Å². The molecule has 1 saturated heterocycles. The molecule has 0 unspecified atom stereocenters. The van der Waals surface area contributed by atoms with E-state index in [2.05, 4.69) is 4.72 Å². The molecule has 8 heteroatoms. The number of benzene rings is 1. The number of hydrogen-bond donors (Lipinski definition) is 1. The molecular weight excluding hydrogens is 354 g/mol. The van der Waals surface area contributed by atoms with E-state index >= 15 is 0 Å². The monoisotopic (exact) mass is 379 g/mol. The van der Waals surface area contributed by atoms with E-state index in [0.717, 1.165) is 12.8 Å². The summed E-state index contributed by atoms with van der Waals surface area (Å²) in [5.74, 6) is 0.183. The quantitative estimate of drug-likeness (QED) is 0.829. The lowest BCUT2D eigenvalue weighted by Crippen LogP contribution is -2.51. The fourth-order valence-electron chi connectivity index (χ4n) is 3.08. The van der Waals surface area contributed by atoms with Crippen LogP contribution in [-0.4, -0.2) is 62.3 Å². The van der Waals surface area contributed by atoms with Gasteiger partial charge in [-0.05, 0) is 44.9 Å². The van der Waals surface area contributed by atoms with Gasteiger partial charge < -0.3 is 9.80 Å². The minimum absolute atomic E-state index is 0.0830. The van der Waals surface area contributed by atoms with Crippen LogP contribution >= 0.6 is 0 Å². The van der Waals surface area contributed by atoms with Crippen molar-refractivity contribution in [3.05, 3.63) is 29.8 Å². The first-order valence-corrected chi connectivity index (χ1v) is 10.5. The van der Waals surface area contributed by atoms with Gasteiger partial charge in [-0.25, -0.2) is 13.1 Å². The highest BCUT2D eigenvalue weighted by Gasteiger charge is 2.35. The average molecular weight is 379 g/mol. The van der Waals surface area contributed by atoms with Crippen LogP contribution in [0.3, 0.4) is 0 Å². The minimum Gasteiger partial charge on any atom is -0.339 e. The smallest absolute Gasteiger partial charge is 0.254 e. The third-order valence-corrected chi connectivity index (χ3v) is 6.24. The molecule has 26 heavy (non-hydrogen) atoms. The van der Waals surface area contributed by atoms with Crippen molar-refractivity contribution in [1.29, 1.82) is 0 Å². The highest BCUT2D eigenvalue weighted by atomic mass is 32.2. The van der Waals surface area contributed by atoms with E-state index in [9.17, 15) is 18.0 Å². The van der Waals surface area contributed by atoms with Crippen LogP contribution in [0.1, 0.15) is 37.0 Å². The van der Waals surface area contributed by atoms with Crippen molar-refractivity contribution in [2.24, 2.45) is 5.92 Å². The van der Waals surface area contributed by atoms with Gasteiger partial charge in [-0.3, -0.25) is 9.59 Å². The molecule has 2 fully saturated rings. The third-order valence-electron chi connectivity index (χ3n) is 4.59.